The van der Waals surface area contributed by atoms with Crippen molar-refractivity contribution in [3.05, 3.63) is 89.0 Å². The van der Waals surface area contributed by atoms with E-state index in [1.165, 1.54) is 30.3 Å². The van der Waals surface area contributed by atoms with Crippen molar-refractivity contribution in [3.63, 3.8) is 0 Å². The maximum Gasteiger partial charge on any atom is 0.371 e. The van der Waals surface area contributed by atoms with E-state index >= 15 is 0 Å². The van der Waals surface area contributed by atoms with E-state index in [2.05, 4.69) is 0 Å². The zero-order chi connectivity index (χ0) is 19.4. The maximum absolute atomic E-state index is 11.4. The first kappa shape index (κ1) is 18.0. The molecule has 26 heavy (non-hydrogen) atoms. The number of hydrogen-bond donors (Lipinski definition) is 0. The predicted molar refractivity (Wildman–Crippen MR) is 84.2 cm³/mol. The van der Waals surface area contributed by atoms with Gasteiger partial charge in [-0.2, -0.15) is 0 Å². The molecular weight excluding hydrogens is 356 g/mol. The number of anilines is 2. The molecule has 0 atom stereocenters. The Morgan fingerprint density at radius 2 is 1.27 bits per heavy atom. The summed E-state index contributed by atoms with van der Waals surface area (Å²) in [5.74, 6) is 0. The van der Waals surface area contributed by atoms with Gasteiger partial charge in [0.1, 0.15) is 0 Å². The molecule has 0 aromatic heterocycles. The second-order valence-corrected chi connectivity index (χ2v) is 4.55. The van der Waals surface area contributed by atoms with Crippen LogP contribution < -0.4 is 5.01 Å². The van der Waals surface area contributed by atoms with Gasteiger partial charge in [0.2, 0.25) is 10.1 Å². The molecule has 14 heteroatoms. The third-order valence-electron chi connectivity index (χ3n) is 3.07. The molecule has 0 fully saturated rings. The summed E-state index contributed by atoms with van der Waals surface area (Å²) in [5, 5.41) is 41.6. The molecule has 0 spiro atoms. The molecule has 0 radical (unpaired) electrons. The minimum absolute atomic E-state index is 0.190. The quantitative estimate of drug-likeness (QED) is 0.522. The normalized spacial score (nSPS) is 10.0. The smallest absolute Gasteiger partial charge is 0.258 e. The fourth-order valence-electron chi connectivity index (χ4n) is 2.14. The maximum atomic E-state index is 11.4. The summed E-state index contributed by atoms with van der Waals surface area (Å²) in [6, 6.07) is 9.45. The standard InChI is InChI=1S/C12H8N6O8/c19-14(20)11-8-4-7-10(12(11)15(21)22)13(9-5-2-1-3-6-9)16(17(23)24)18(25)26/h1-8H. The van der Waals surface area contributed by atoms with E-state index in [4.69, 9.17) is 0 Å². The molecule has 2 aromatic carbocycles. The first-order chi connectivity index (χ1) is 12.3. The molecule has 2 aromatic rings. The van der Waals surface area contributed by atoms with Gasteiger partial charge in [0, 0.05) is 6.07 Å². The minimum atomic E-state index is -1.42. The molecule has 0 aliphatic heterocycles. The Bertz CT molecular complexity index is 875. The van der Waals surface area contributed by atoms with Crippen LogP contribution >= 0.6 is 0 Å². The molecule has 0 bridgehead atoms. The molecule has 0 heterocycles. The number of hydrazine groups is 3. The molecule has 0 unspecified atom stereocenters. The van der Waals surface area contributed by atoms with Gasteiger partial charge < -0.3 is 0 Å². The van der Waals surface area contributed by atoms with Gasteiger partial charge in [0.15, 0.2) is 5.69 Å². The van der Waals surface area contributed by atoms with Crippen LogP contribution in [0.4, 0.5) is 22.7 Å². The number of nitro benzene ring substituents is 2. The summed E-state index contributed by atoms with van der Waals surface area (Å²) in [6.07, 6.45) is 0. The van der Waals surface area contributed by atoms with Crippen molar-refractivity contribution in [2.24, 2.45) is 0 Å². The Labute approximate surface area is 143 Å². The predicted octanol–water partition coefficient (Wildman–Crippen LogP) is 2.24. The lowest BCUT2D eigenvalue weighted by molar-refractivity contribution is -0.908. The van der Waals surface area contributed by atoms with Crippen molar-refractivity contribution in [2.75, 3.05) is 5.01 Å². The molecule has 0 saturated heterocycles. The van der Waals surface area contributed by atoms with E-state index in [0.717, 1.165) is 18.2 Å². The average Bonchev–Trinajstić information content (AvgIpc) is 2.58. The van der Waals surface area contributed by atoms with Gasteiger partial charge >= 0.3 is 11.4 Å². The summed E-state index contributed by atoms with van der Waals surface area (Å²) in [4.78, 5) is 42.6. The molecular formula is C12H8N6O8. The van der Waals surface area contributed by atoms with Crippen LogP contribution in [0, 0.1) is 40.5 Å². The van der Waals surface area contributed by atoms with Crippen LogP contribution in [0.1, 0.15) is 0 Å². The number of nitro groups is 4. The molecule has 14 nitrogen and oxygen atoms in total. The number of para-hydroxylation sites is 2. The van der Waals surface area contributed by atoms with Crippen LogP contribution in [0.25, 0.3) is 0 Å². The van der Waals surface area contributed by atoms with Crippen molar-refractivity contribution < 1.29 is 19.9 Å². The van der Waals surface area contributed by atoms with Gasteiger partial charge in [-0.3, -0.25) is 20.2 Å². The summed E-state index contributed by atoms with van der Waals surface area (Å²) in [6.45, 7) is 0. The van der Waals surface area contributed by atoms with E-state index < -0.39 is 42.2 Å². The molecule has 0 amide bonds. The van der Waals surface area contributed by atoms with Gasteiger partial charge in [-0.15, -0.1) is 5.01 Å². The largest absolute Gasteiger partial charge is 0.371 e. The number of nitrogens with zero attached hydrogens (tertiary/aromatic N) is 6. The van der Waals surface area contributed by atoms with Crippen LogP contribution in [-0.4, -0.2) is 25.1 Å². The number of hydrogen-bond acceptors (Lipinski definition) is 9. The topological polar surface area (TPSA) is 179 Å². The van der Waals surface area contributed by atoms with E-state index in [1.807, 2.05) is 0 Å². The fourth-order valence-corrected chi connectivity index (χ4v) is 2.14. The van der Waals surface area contributed by atoms with Crippen molar-refractivity contribution in [1.29, 1.82) is 0 Å². The van der Waals surface area contributed by atoms with Crippen LogP contribution in [0.2, 0.25) is 0 Å². The van der Waals surface area contributed by atoms with Gasteiger partial charge in [-0.25, -0.2) is 20.2 Å². The highest BCUT2D eigenvalue weighted by Gasteiger charge is 2.43. The average molecular weight is 364 g/mol. The first-order valence-corrected chi connectivity index (χ1v) is 6.61. The van der Waals surface area contributed by atoms with E-state index in [0.29, 0.717) is 5.01 Å². The Hall–Kier alpha value is -4.36. The van der Waals surface area contributed by atoms with E-state index in [-0.39, 0.29) is 5.69 Å². The first-order valence-electron chi connectivity index (χ1n) is 6.61. The Morgan fingerprint density at radius 1 is 0.692 bits per heavy atom. The van der Waals surface area contributed by atoms with Crippen molar-refractivity contribution >= 4 is 22.7 Å². The van der Waals surface area contributed by atoms with E-state index in [1.54, 1.807) is 0 Å². The Balaban J connectivity index is 2.85. The second kappa shape index (κ2) is 7.04. The Morgan fingerprint density at radius 3 is 1.73 bits per heavy atom. The van der Waals surface area contributed by atoms with E-state index in [9.17, 15) is 40.5 Å². The zero-order valence-corrected chi connectivity index (χ0v) is 12.6. The fraction of sp³-hybridized carbons (Fsp3) is 0. The lowest BCUT2D eigenvalue weighted by Crippen LogP contribution is -2.47. The molecule has 0 N–H and O–H groups in total. The lowest BCUT2D eigenvalue weighted by Gasteiger charge is -2.21. The SMILES string of the molecule is O=[N+]([O-])c1cccc(N(c2ccccc2)N([N+](=O)[O-])[N+](=O)[O-])c1[N+](=O)[O-]. The highest BCUT2D eigenvalue weighted by Crippen LogP contribution is 2.40. The molecule has 134 valence electrons. The van der Waals surface area contributed by atoms with Crippen molar-refractivity contribution in [3.8, 4) is 0 Å². The molecule has 0 aliphatic carbocycles. The minimum Gasteiger partial charge on any atom is -0.258 e. The van der Waals surface area contributed by atoms with Gasteiger partial charge in [0.25, 0.3) is 5.23 Å². The molecule has 2 rings (SSSR count). The van der Waals surface area contributed by atoms with Crippen LogP contribution in [0.5, 0.6) is 0 Å². The lowest BCUT2D eigenvalue weighted by atomic mass is 10.2. The summed E-state index contributed by atoms with van der Waals surface area (Å²) in [7, 11) is 0. The zero-order valence-electron chi connectivity index (χ0n) is 12.6. The van der Waals surface area contributed by atoms with Gasteiger partial charge in [0.05, 0.1) is 15.5 Å². The van der Waals surface area contributed by atoms with Crippen LogP contribution in [-0.2, 0) is 0 Å². The summed E-state index contributed by atoms with van der Waals surface area (Å²) < 4.78 is 0. The number of rotatable bonds is 7. The van der Waals surface area contributed by atoms with Crippen LogP contribution in [0.15, 0.2) is 48.5 Å². The van der Waals surface area contributed by atoms with Gasteiger partial charge in [-0.05, 0) is 18.2 Å². The number of benzene rings is 2. The Kier molecular flexibility index (Phi) is 4.87. The monoisotopic (exact) mass is 364 g/mol. The molecule has 0 saturated carbocycles. The second-order valence-electron chi connectivity index (χ2n) is 4.55. The highest BCUT2D eigenvalue weighted by molar-refractivity contribution is 5.77. The van der Waals surface area contributed by atoms with Crippen molar-refractivity contribution in [1.82, 2.24) is 5.23 Å². The summed E-state index contributed by atoms with van der Waals surface area (Å²) >= 11 is 0. The highest BCUT2D eigenvalue weighted by atomic mass is 16.8. The molecule has 0 aliphatic rings. The third-order valence-corrected chi connectivity index (χ3v) is 3.07. The summed E-state index contributed by atoms with van der Waals surface area (Å²) in [5.41, 5.74) is -3.01. The third kappa shape index (κ3) is 3.28. The van der Waals surface area contributed by atoms with Crippen molar-refractivity contribution in [2.45, 2.75) is 0 Å². The van der Waals surface area contributed by atoms with Gasteiger partial charge in [-0.1, -0.05) is 24.3 Å². The van der Waals surface area contributed by atoms with Crippen LogP contribution in [0.3, 0.4) is 0 Å².